The minimum absolute atomic E-state index is 0.0162. The summed E-state index contributed by atoms with van der Waals surface area (Å²) in [5.74, 6) is 0.718. The average molecular weight is 370 g/mol. The lowest BCUT2D eigenvalue weighted by atomic mass is 10.00. The Bertz CT molecular complexity index is 722. The molecule has 0 saturated heterocycles. The molecule has 0 aliphatic rings. The Kier molecular flexibility index (Phi) is 6.94. The lowest BCUT2D eigenvalue weighted by Gasteiger charge is -2.17. The molecule has 3 nitrogen and oxygen atoms in total. The maximum Gasteiger partial charge on any atom is 0.284 e. The number of hydrogen-bond donors (Lipinski definition) is 0. The normalized spacial score (nSPS) is 12.8. The summed E-state index contributed by atoms with van der Waals surface area (Å²) in [6.07, 6.45) is -3.45. The Balaban J connectivity index is 2.24. The van der Waals surface area contributed by atoms with E-state index in [1.54, 1.807) is 0 Å². The van der Waals surface area contributed by atoms with E-state index in [4.69, 9.17) is 4.74 Å². The van der Waals surface area contributed by atoms with Crippen LogP contribution in [0.2, 0.25) is 0 Å². The molecule has 0 aliphatic heterocycles. The molecule has 2 aromatic rings. The lowest BCUT2D eigenvalue weighted by molar-refractivity contribution is 0.137. The van der Waals surface area contributed by atoms with Gasteiger partial charge >= 0.3 is 0 Å². The SMILES string of the molecule is CC(C)C[C@@H](C)COc1ccc(-c2ccnc(C(F)F)c2)nc1C(F)F. The molecule has 0 fully saturated rings. The topological polar surface area (TPSA) is 35.0 Å². The monoisotopic (exact) mass is 370 g/mol. The highest BCUT2D eigenvalue weighted by atomic mass is 19.3. The van der Waals surface area contributed by atoms with Gasteiger partial charge < -0.3 is 4.74 Å². The second kappa shape index (κ2) is 8.96. The summed E-state index contributed by atoms with van der Waals surface area (Å²) < 4.78 is 57.9. The Labute approximate surface area is 150 Å². The van der Waals surface area contributed by atoms with Crippen molar-refractivity contribution in [1.82, 2.24) is 9.97 Å². The van der Waals surface area contributed by atoms with Crippen molar-refractivity contribution in [2.75, 3.05) is 6.61 Å². The standard InChI is InChI=1S/C19H22F4N2O/c1-11(2)8-12(3)10-26-16-5-4-14(25-17(16)19(22)23)13-6-7-24-15(9-13)18(20)21/h4-7,9,11-12,18-19H,8,10H2,1-3H3/t12-/m1/s1. The van der Waals surface area contributed by atoms with Crippen molar-refractivity contribution in [3.05, 3.63) is 41.9 Å². The number of pyridine rings is 2. The first kappa shape index (κ1) is 20.1. The van der Waals surface area contributed by atoms with Crippen molar-refractivity contribution >= 4 is 0 Å². The second-order valence-electron chi connectivity index (χ2n) is 6.70. The Hall–Kier alpha value is -2.18. The molecule has 0 unspecified atom stereocenters. The predicted molar refractivity (Wildman–Crippen MR) is 91.5 cm³/mol. The highest BCUT2D eigenvalue weighted by molar-refractivity contribution is 5.60. The summed E-state index contributed by atoms with van der Waals surface area (Å²) in [6, 6.07) is 5.50. The van der Waals surface area contributed by atoms with E-state index in [1.165, 1.54) is 24.4 Å². The number of halogens is 4. The molecule has 2 aromatic heterocycles. The molecule has 0 amide bonds. The van der Waals surface area contributed by atoms with Gasteiger partial charge in [0.2, 0.25) is 0 Å². The van der Waals surface area contributed by atoms with Crippen LogP contribution in [0.25, 0.3) is 11.3 Å². The highest BCUT2D eigenvalue weighted by Gasteiger charge is 2.19. The van der Waals surface area contributed by atoms with E-state index in [-0.39, 0.29) is 17.4 Å². The van der Waals surface area contributed by atoms with Gasteiger partial charge in [-0.05, 0) is 42.5 Å². The number of nitrogens with zero attached hydrogens (tertiary/aromatic N) is 2. The summed E-state index contributed by atoms with van der Waals surface area (Å²) in [4.78, 5) is 7.50. The molecular weight excluding hydrogens is 348 g/mol. The largest absolute Gasteiger partial charge is 0.491 e. The number of alkyl halides is 4. The lowest BCUT2D eigenvalue weighted by Crippen LogP contribution is -2.12. The van der Waals surface area contributed by atoms with Gasteiger partial charge in [-0.25, -0.2) is 22.5 Å². The quantitative estimate of drug-likeness (QED) is 0.528. The fraction of sp³-hybridized carbons (Fsp3) is 0.474. The van der Waals surface area contributed by atoms with E-state index >= 15 is 0 Å². The number of hydrogen-bond acceptors (Lipinski definition) is 3. The fourth-order valence-corrected chi connectivity index (χ4v) is 2.73. The van der Waals surface area contributed by atoms with Gasteiger partial charge in [0.25, 0.3) is 12.9 Å². The summed E-state index contributed by atoms with van der Waals surface area (Å²) in [6.45, 7) is 6.47. The molecule has 0 bridgehead atoms. The minimum Gasteiger partial charge on any atom is -0.491 e. The molecule has 0 saturated carbocycles. The highest BCUT2D eigenvalue weighted by Crippen LogP contribution is 2.31. The third kappa shape index (κ3) is 5.41. The molecular formula is C19H22F4N2O. The molecule has 0 aromatic carbocycles. The first-order valence-corrected chi connectivity index (χ1v) is 8.44. The Morgan fingerprint density at radius 2 is 1.73 bits per heavy atom. The van der Waals surface area contributed by atoms with Gasteiger partial charge in [0.05, 0.1) is 12.3 Å². The van der Waals surface area contributed by atoms with Gasteiger partial charge in [0, 0.05) is 11.8 Å². The zero-order valence-corrected chi connectivity index (χ0v) is 14.9. The van der Waals surface area contributed by atoms with E-state index < -0.39 is 24.2 Å². The summed E-state index contributed by atoms with van der Waals surface area (Å²) in [5.41, 5.74) is -0.440. The first-order chi connectivity index (χ1) is 12.3. The molecule has 26 heavy (non-hydrogen) atoms. The molecule has 1 atom stereocenters. The maximum absolute atomic E-state index is 13.4. The van der Waals surface area contributed by atoms with Gasteiger partial charge in [-0.15, -0.1) is 0 Å². The van der Waals surface area contributed by atoms with Crippen LogP contribution in [-0.2, 0) is 0 Å². The van der Waals surface area contributed by atoms with Crippen LogP contribution in [0.3, 0.4) is 0 Å². The van der Waals surface area contributed by atoms with Crippen molar-refractivity contribution in [2.45, 2.75) is 40.0 Å². The second-order valence-corrected chi connectivity index (χ2v) is 6.70. The first-order valence-electron chi connectivity index (χ1n) is 8.44. The number of aromatic nitrogens is 2. The molecule has 0 radical (unpaired) electrons. The van der Waals surface area contributed by atoms with E-state index in [0.717, 1.165) is 12.5 Å². The zero-order valence-electron chi connectivity index (χ0n) is 14.9. The molecule has 7 heteroatoms. The van der Waals surface area contributed by atoms with Crippen molar-refractivity contribution in [1.29, 1.82) is 0 Å². The molecule has 2 heterocycles. The molecule has 0 spiro atoms. The smallest absolute Gasteiger partial charge is 0.284 e. The maximum atomic E-state index is 13.4. The van der Waals surface area contributed by atoms with E-state index in [0.29, 0.717) is 18.1 Å². The van der Waals surface area contributed by atoms with Crippen LogP contribution in [0.5, 0.6) is 5.75 Å². The van der Waals surface area contributed by atoms with Crippen LogP contribution in [0.15, 0.2) is 30.5 Å². The third-order valence-corrected chi connectivity index (χ3v) is 3.79. The third-order valence-electron chi connectivity index (χ3n) is 3.79. The summed E-state index contributed by atoms with van der Waals surface area (Å²) in [5, 5.41) is 0. The zero-order chi connectivity index (χ0) is 19.3. The molecule has 0 aliphatic carbocycles. The molecule has 0 N–H and O–H groups in total. The van der Waals surface area contributed by atoms with Crippen molar-refractivity contribution in [3.63, 3.8) is 0 Å². The van der Waals surface area contributed by atoms with Gasteiger partial charge in [-0.1, -0.05) is 20.8 Å². The van der Waals surface area contributed by atoms with E-state index in [1.807, 2.05) is 6.92 Å². The van der Waals surface area contributed by atoms with Gasteiger partial charge in [-0.3, -0.25) is 4.98 Å². The summed E-state index contributed by atoms with van der Waals surface area (Å²) >= 11 is 0. The van der Waals surface area contributed by atoms with E-state index in [9.17, 15) is 17.6 Å². The van der Waals surface area contributed by atoms with Crippen LogP contribution in [0.4, 0.5) is 17.6 Å². The van der Waals surface area contributed by atoms with Crippen LogP contribution in [0, 0.1) is 11.8 Å². The summed E-state index contributed by atoms with van der Waals surface area (Å²) in [7, 11) is 0. The van der Waals surface area contributed by atoms with Crippen LogP contribution in [-0.4, -0.2) is 16.6 Å². The Morgan fingerprint density at radius 1 is 1.00 bits per heavy atom. The minimum atomic E-state index is -2.83. The van der Waals surface area contributed by atoms with Crippen molar-refractivity contribution in [2.24, 2.45) is 11.8 Å². The van der Waals surface area contributed by atoms with Gasteiger partial charge in [0.1, 0.15) is 17.1 Å². The van der Waals surface area contributed by atoms with E-state index in [2.05, 4.69) is 23.8 Å². The van der Waals surface area contributed by atoms with Crippen LogP contribution >= 0.6 is 0 Å². The van der Waals surface area contributed by atoms with Gasteiger partial charge in [0.15, 0.2) is 0 Å². The predicted octanol–water partition coefficient (Wildman–Crippen LogP) is 6.08. The number of rotatable bonds is 8. The Morgan fingerprint density at radius 3 is 2.35 bits per heavy atom. The van der Waals surface area contributed by atoms with Crippen molar-refractivity contribution < 1.29 is 22.3 Å². The fourth-order valence-electron chi connectivity index (χ4n) is 2.73. The van der Waals surface area contributed by atoms with Gasteiger partial charge in [-0.2, -0.15) is 0 Å². The van der Waals surface area contributed by atoms with Crippen LogP contribution < -0.4 is 4.74 Å². The average Bonchev–Trinajstić information content (AvgIpc) is 2.59. The molecule has 142 valence electrons. The van der Waals surface area contributed by atoms with Crippen molar-refractivity contribution in [3.8, 4) is 17.0 Å². The number of ether oxygens (including phenoxy) is 1. The van der Waals surface area contributed by atoms with Crippen LogP contribution in [0.1, 0.15) is 51.4 Å². The molecule has 2 rings (SSSR count).